The third-order valence-corrected chi connectivity index (χ3v) is 13.6. The van der Waals surface area contributed by atoms with Gasteiger partial charge in [-0.05, 0) is 30.3 Å². The quantitative estimate of drug-likeness (QED) is 0.0669. The van der Waals surface area contributed by atoms with Crippen LogP contribution in [0.4, 0.5) is 0 Å². The van der Waals surface area contributed by atoms with E-state index in [-0.39, 0.29) is 47.8 Å². The highest BCUT2D eigenvalue weighted by molar-refractivity contribution is 6.41. The lowest BCUT2D eigenvalue weighted by Crippen LogP contribution is -2.20. The third-order valence-electron chi connectivity index (χ3n) is 13.6. The van der Waals surface area contributed by atoms with Crippen molar-refractivity contribution < 1.29 is 33.8 Å². The number of aromatic nitrogens is 4. The van der Waals surface area contributed by atoms with Crippen LogP contribution in [0.5, 0.6) is 0 Å². The van der Waals surface area contributed by atoms with Gasteiger partial charge in [0.2, 0.25) is 0 Å². The van der Waals surface area contributed by atoms with Crippen molar-refractivity contribution in [2.45, 2.75) is 44.1 Å². The predicted octanol–water partition coefficient (Wildman–Crippen LogP) is 8.92. The number of carbonyl (C=O) groups excluding carboxylic acids is 5. The van der Waals surface area contributed by atoms with E-state index in [1.165, 1.54) is 6.92 Å². The molecule has 13 nitrogen and oxygen atoms in total. The molecule has 5 N–H and O–H groups in total. The van der Waals surface area contributed by atoms with Crippen LogP contribution < -0.4 is 10.6 Å². The van der Waals surface area contributed by atoms with Crippen molar-refractivity contribution in [3.8, 4) is 0 Å². The Kier molecular flexibility index (Phi) is 7.66. The lowest BCUT2D eigenvalue weighted by molar-refractivity contribution is -0.144. The van der Waals surface area contributed by atoms with Crippen LogP contribution >= 0.6 is 0 Å². The highest BCUT2D eigenvalue weighted by atomic mass is 16.5. The van der Waals surface area contributed by atoms with Crippen LogP contribution in [0.2, 0.25) is 0 Å². The number of aliphatic hydroxyl groups excluding tert-OH is 1. The van der Waals surface area contributed by atoms with Gasteiger partial charge in [0.1, 0.15) is 6.10 Å². The number of aliphatic hydroxyl groups is 1. The van der Waals surface area contributed by atoms with Crippen LogP contribution in [-0.4, -0.2) is 66.0 Å². The Hall–Kier alpha value is -8.29. The van der Waals surface area contributed by atoms with E-state index in [1.807, 2.05) is 121 Å². The number of aromatic amines is 2. The minimum Gasteiger partial charge on any atom is -0.458 e. The number of para-hydroxylation sites is 4. The molecule has 4 amide bonds. The van der Waals surface area contributed by atoms with E-state index in [2.05, 4.69) is 29.7 Å². The van der Waals surface area contributed by atoms with Crippen LogP contribution in [0.25, 0.3) is 87.2 Å². The van der Waals surface area contributed by atoms with Crippen LogP contribution in [0.1, 0.15) is 73.3 Å². The van der Waals surface area contributed by atoms with E-state index in [4.69, 9.17) is 4.74 Å². The number of nitrogens with zero attached hydrogens (tertiary/aromatic N) is 2. The summed E-state index contributed by atoms with van der Waals surface area (Å²) in [5.74, 6) is -1.78. The zero-order valence-electron chi connectivity index (χ0n) is 34.6. The molecule has 2 aliphatic heterocycles. The number of esters is 1. The van der Waals surface area contributed by atoms with E-state index < -0.39 is 6.10 Å². The van der Waals surface area contributed by atoms with Gasteiger partial charge in [-0.1, -0.05) is 91.0 Å². The van der Waals surface area contributed by atoms with Gasteiger partial charge in [0.15, 0.2) is 0 Å². The molecule has 6 aromatic carbocycles. The van der Waals surface area contributed by atoms with Crippen molar-refractivity contribution in [1.29, 1.82) is 0 Å². The minimum atomic E-state index is -0.501. The van der Waals surface area contributed by atoms with Gasteiger partial charge in [-0.3, -0.25) is 34.6 Å². The molecule has 0 bridgehead atoms. The van der Waals surface area contributed by atoms with Crippen LogP contribution in [0, 0.1) is 0 Å². The fraction of sp³-hybridized carbons (Fsp3) is 0.135. The van der Waals surface area contributed by atoms with Crippen molar-refractivity contribution in [1.82, 2.24) is 29.7 Å². The van der Waals surface area contributed by atoms with Gasteiger partial charge < -0.3 is 28.9 Å². The van der Waals surface area contributed by atoms with Crippen molar-refractivity contribution in [2.75, 3.05) is 0 Å². The maximum absolute atomic E-state index is 13.1. The topological polar surface area (TPSA) is 180 Å². The first kappa shape index (κ1) is 37.3. The van der Waals surface area contributed by atoms with Crippen molar-refractivity contribution >= 4 is 117 Å². The molecular weight excluding hydrogens is 821 g/mol. The number of nitrogens with one attached hydrogen (secondary N) is 4. The standard InChI is InChI=1S/C27H19N3O4.C25H17N3O3/c1-13(31)34-15-11-10-14(12-15)30-19-9-5-3-7-17(19)21-23-22(26(32)29-27(23)33)20-16-6-2-4-8-18(16)28-24(20)25(21)30;29-13-10-9-12(11-13)28-17-8-4-2-6-15(17)19-21-20(24(30)27-25(21)31)18-14-5-1-3-7-16(14)26-22(18)23(19)28/h2-11,14-15,28H,12H2,1H3,(H,29,32,33);1-10,12-13,26,29H,11H2,(H,27,30,31)/t14?,15-;12?,13-/m11/s1. The summed E-state index contributed by atoms with van der Waals surface area (Å²) < 4.78 is 9.86. The van der Waals surface area contributed by atoms with Crippen molar-refractivity contribution in [2.24, 2.45) is 0 Å². The fourth-order valence-electron chi connectivity index (χ4n) is 11.2. The lowest BCUT2D eigenvalue weighted by Gasteiger charge is -2.17. The molecular formula is C52H36N6O7. The smallest absolute Gasteiger partial charge is 0.303 e. The fourth-order valence-corrected chi connectivity index (χ4v) is 11.2. The summed E-state index contributed by atoms with van der Waals surface area (Å²) in [5.41, 5.74) is 8.88. The number of allylic oxidation sites excluding steroid dienone is 2. The molecule has 0 saturated carbocycles. The van der Waals surface area contributed by atoms with E-state index >= 15 is 0 Å². The number of benzene rings is 6. The van der Waals surface area contributed by atoms with Gasteiger partial charge in [-0.15, -0.1) is 0 Å². The highest BCUT2D eigenvalue weighted by Crippen LogP contribution is 2.48. The Morgan fingerprint density at radius 2 is 0.954 bits per heavy atom. The number of rotatable bonds is 3. The summed E-state index contributed by atoms with van der Waals surface area (Å²) in [5, 5.41) is 21.9. The minimum absolute atomic E-state index is 0.0507. The second-order valence-electron chi connectivity index (χ2n) is 17.2. The molecule has 14 rings (SSSR count). The van der Waals surface area contributed by atoms with Crippen LogP contribution in [-0.2, 0) is 9.53 Å². The molecule has 0 spiro atoms. The molecule has 2 unspecified atom stereocenters. The maximum Gasteiger partial charge on any atom is 0.303 e. The second-order valence-corrected chi connectivity index (χ2v) is 17.2. The number of hydrogen-bond donors (Lipinski definition) is 5. The van der Waals surface area contributed by atoms with Gasteiger partial charge in [0, 0.05) is 84.9 Å². The van der Waals surface area contributed by atoms with Gasteiger partial charge in [0.25, 0.3) is 23.6 Å². The monoisotopic (exact) mass is 856 g/mol. The Labute approximate surface area is 366 Å². The van der Waals surface area contributed by atoms with Crippen LogP contribution in [0.15, 0.2) is 121 Å². The Bertz CT molecular complexity index is 3930. The van der Waals surface area contributed by atoms with Crippen molar-refractivity contribution in [3.05, 3.63) is 144 Å². The van der Waals surface area contributed by atoms with E-state index in [9.17, 15) is 29.1 Å². The van der Waals surface area contributed by atoms with E-state index in [0.29, 0.717) is 35.1 Å². The van der Waals surface area contributed by atoms with Gasteiger partial charge in [0.05, 0.1) is 62.5 Å². The first-order chi connectivity index (χ1) is 31.7. The number of fused-ring (bicyclic) bond motifs is 20. The Balaban J connectivity index is 0.000000131. The van der Waals surface area contributed by atoms with Gasteiger partial charge >= 0.3 is 5.97 Å². The first-order valence-corrected chi connectivity index (χ1v) is 21.6. The average molecular weight is 857 g/mol. The Morgan fingerprint density at radius 1 is 0.538 bits per heavy atom. The van der Waals surface area contributed by atoms with Gasteiger partial charge in [-0.25, -0.2) is 0 Å². The van der Waals surface area contributed by atoms with E-state index in [1.54, 1.807) is 0 Å². The molecule has 4 atom stereocenters. The molecule has 0 fully saturated rings. The molecule has 6 heterocycles. The molecule has 4 aliphatic rings. The summed E-state index contributed by atoms with van der Waals surface area (Å²) >= 11 is 0. The summed E-state index contributed by atoms with van der Waals surface area (Å²) in [6.07, 6.45) is 8.15. The molecule has 13 heteroatoms. The largest absolute Gasteiger partial charge is 0.458 e. The normalized spacial score (nSPS) is 20.0. The zero-order valence-corrected chi connectivity index (χ0v) is 34.6. The molecule has 4 aromatic heterocycles. The predicted molar refractivity (Wildman–Crippen MR) is 248 cm³/mol. The molecule has 316 valence electrons. The lowest BCUT2D eigenvalue weighted by atomic mass is 9.96. The van der Waals surface area contributed by atoms with Crippen molar-refractivity contribution in [3.63, 3.8) is 0 Å². The number of hydrogen-bond acceptors (Lipinski definition) is 7. The summed E-state index contributed by atoms with van der Waals surface area (Å²) in [6, 6.07) is 31.4. The molecule has 10 aromatic rings. The number of carbonyl (C=O) groups is 5. The molecule has 0 radical (unpaired) electrons. The Morgan fingerprint density at radius 3 is 1.42 bits per heavy atom. The van der Waals surface area contributed by atoms with Gasteiger partial charge in [-0.2, -0.15) is 0 Å². The van der Waals surface area contributed by atoms with E-state index in [0.717, 1.165) is 87.2 Å². The summed E-state index contributed by atoms with van der Waals surface area (Å²) in [7, 11) is 0. The third kappa shape index (κ3) is 5.09. The number of ether oxygens (including phenoxy) is 1. The second kappa shape index (κ2) is 13.4. The molecule has 65 heavy (non-hydrogen) atoms. The maximum atomic E-state index is 13.1. The number of amides is 4. The molecule has 2 aliphatic carbocycles. The first-order valence-electron chi connectivity index (χ1n) is 21.6. The zero-order chi connectivity index (χ0) is 44.0. The molecule has 0 saturated heterocycles. The SMILES string of the molecule is CC(=O)O[C@@H]1C=CC(n2c3ccccc3c3c4c(c5c6ccccc6[nH]c5c32)C(=O)NC4=O)C1.O=C1NC(=O)c2c1c1c3ccccc3[nH]c1c1c2c2ccccc2n1C1C=C[C@@H](O)C1. The highest BCUT2D eigenvalue weighted by Gasteiger charge is 2.39. The number of H-pyrrole nitrogens is 2. The summed E-state index contributed by atoms with van der Waals surface area (Å²) in [4.78, 5) is 70.7. The number of imide groups is 2. The van der Waals surface area contributed by atoms with Crippen LogP contribution in [0.3, 0.4) is 0 Å². The average Bonchev–Trinajstić information content (AvgIpc) is 4.18. The summed E-state index contributed by atoms with van der Waals surface area (Å²) in [6.45, 7) is 1.41.